The zero-order valence-electron chi connectivity index (χ0n) is 10.2. The van der Waals surface area contributed by atoms with Crippen molar-refractivity contribution in [3.05, 3.63) is 29.3 Å². The Morgan fingerprint density at radius 3 is 2.94 bits per heavy atom. The van der Waals surface area contributed by atoms with E-state index < -0.39 is 0 Å². The highest BCUT2D eigenvalue weighted by Gasteiger charge is 2.24. The van der Waals surface area contributed by atoms with E-state index in [0.29, 0.717) is 13.1 Å². The Balaban J connectivity index is 2.26. The standard InChI is InChI=1S/C13H18N2O2/c1-9-3-4-10(2)12(5-9)15-6-11(8-16)14-13(17)7-15/h3-5,11,16H,6-8H2,1-2H3,(H,14,17). The first-order valence-corrected chi connectivity index (χ1v) is 5.82. The van der Waals surface area contributed by atoms with Crippen molar-refractivity contribution in [1.82, 2.24) is 5.32 Å². The number of carbonyl (C=O) groups is 1. The van der Waals surface area contributed by atoms with Gasteiger partial charge in [0.2, 0.25) is 5.91 Å². The molecule has 1 saturated heterocycles. The average molecular weight is 234 g/mol. The molecular weight excluding hydrogens is 216 g/mol. The molecule has 1 unspecified atom stereocenters. The minimum absolute atomic E-state index is 0.0207. The Morgan fingerprint density at radius 2 is 2.24 bits per heavy atom. The summed E-state index contributed by atoms with van der Waals surface area (Å²) in [7, 11) is 0. The summed E-state index contributed by atoms with van der Waals surface area (Å²) in [5, 5.41) is 11.9. The smallest absolute Gasteiger partial charge is 0.239 e. The van der Waals surface area contributed by atoms with Gasteiger partial charge in [-0.25, -0.2) is 0 Å². The van der Waals surface area contributed by atoms with Crippen LogP contribution in [0.3, 0.4) is 0 Å². The summed E-state index contributed by atoms with van der Waals surface area (Å²) in [5.41, 5.74) is 3.41. The second-order valence-corrected chi connectivity index (χ2v) is 4.62. The third kappa shape index (κ3) is 2.58. The maximum atomic E-state index is 11.5. The monoisotopic (exact) mass is 234 g/mol. The molecule has 2 rings (SSSR count). The van der Waals surface area contributed by atoms with Gasteiger partial charge in [0.25, 0.3) is 0 Å². The van der Waals surface area contributed by atoms with Crippen LogP contribution in [0.2, 0.25) is 0 Å². The molecule has 1 aromatic carbocycles. The largest absolute Gasteiger partial charge is 0.394 e. The molecule has 0 aromatic heterocycles. The van der Waals surface area contributed by atoms with Crippen molar-refractivity contribution >= 4 is 11.6 Å². The number of nitrogens with zero attached hydrogens (tertiary/aromatic N) is 1. The van der Waals surface area contributed by atoms with Crippen molar-refractivity contribution < 1.29 is 9.90 Å². The summed E-state index contributed by atoms with van der Waals surface area (Å²) >= 11 is 0. The number of benzene rings is 1. The van der Waals surface area contributed by atoms with E-state index >= 15 is 0 Å². The average Bonchev–Trinajstić information content (AvgIpc) is 2.31. The van der Waals surface area contributed by atoms with E-state index in [1.165, 1.54) is 5.56 Å². The van der Waals surface area contributed by atoms with Crippen molar-refractivity contribution in [3.63, 3.8) is 0 Å². The molecule has 1 aromatic rings. The lowest BCUT2D eigenvalue weighted by atomic mass is 10.1. The molecule has 1 amide bonds. The summed E-state index contributed by atoms with van der Waals surface area (Å²) in [4.78, 5) is 13.6. The van der Waals surface area contributed by atoms with Crippen molar-refractivity contribution in [2.75, 3.05) is 24.6 Å². The summed E-state index contributed by atoms with van der Waals surface area (Å²) in [6, 6.07) is 6.04. The lowest BCUT2D eigenvalue weighted by molar-refractivity contribution is -0.121. The van der Waals surface area contributed by atoms with Crippen LogP contribution in [-0.2, 0) is 4.79 Å². The van der Waals surface area contributed by atoms with Gasteiger partial charge in [-0.1, -0.05) is 12.1 Å². The molecule has 1 aliphatic rings. The summed E-state index contributed by atoms with van der Waals surface area (Å²) in [5.74, 6) is -0.0313. The summed E-state index contributed by atoms with van der Waals surface area (Å²) < 4.78 is 0. The number of aryl methyl sites for hydroxylation is 2. The molecule has 1 aliphatic heterocycles. The maximum absolute atomic E-state index is 11.5. The minimum atomic E-state index is -0.170. The lowest BCUT2D eigenvalue weighted by Crippen LogP contribution is -2.55. The third-order valence-electron chi connectivity index (χ3n) is 3.07. The SMILES string of the molecule is Cc1ccc(C)c(N2CC(=O)NC(CO)C2)c1. The fourth-order valence-corrected chi connectivity index (χ4v) is 2.17. The summed E-state index contributed by atoms with van der Waals surface area (Å²) in [6.07, 6.45) is 0. The Labute approximate surface area is 101 Å². The van der Waals surface area contributed by atoms with E-state index in [1.807, 2.05) is 18.7 Å². The minimum Gasteiger partial charge on any atom is -0.394 e. The number of hydrogen-bond donors (Lipinski definition) is 2. The number of aliphatic hydroxyl groups is 1. The number of piperazine rings is 1. The van der Waals surface area contributed by atoms with E-state index in [2.05, 4.69) is 23.5 Å². The van der Waals surface area contributed by atoms with Gasteiger partial charge in [-0.05, 0) is 31.0 Å². The molecule has 0 spiro atoms. The molecule has 0 aliphatic carbocycles. The topological polar surface area (TPSA) is 52.6 Å². The predicted octanol–water partition coefficient (Wildman–Crippen LogP) is 0.601. The molecule has 0 bridgehead atoms. The number of hydrogen-bond acceptors (Lipinski definition) is 3. The van der Waals surface area contributed by atoms with Crippen molar-refractivity contribution in [2.45, 2.75) is 19.9 Å². The summed E-state index contributed by atoms with van der Waals surface area (Å²) in [6.45, 7) is 5.08. The van der Waals surface area contributed by atoms with Crippen molar-refractivity contribution in [2.24, 2.45) is 0 Å². The van der Waals surface area contributed by atoms with Crippen LogP contribution in [0, 0.1) is 13.8 Å². The van der Waals surface area contributed by atoms with Gasteiger partial charge in [0.15, 0.2) is 0 Å². The molecule has 17 heavy (non-hydrogen) atoms. The van der Waals surface area contributed by atoms with Crippen LogP contribution in [0.5, 0.6) is 0 Å². The highest BCUT2D eigenvalue weighted by molar-refractivity contribution is 5.83. The molecule has 4 nitrogen and oxygen atoms in total. The van der Waals surface area contributed by atoms with Gasteiger partial charge in [0.05, 0.1) is 19.2 Å². The second kappa shape index (κ2) is 4.75. The zero-order chi connectivity index (χ0) is 12.4. The van der Waals surface area contributed by atoms with E-state index in [4.69, 9.17) is 5.11 Å². The van der Waals surface area contributed by atoms with Crippen LogP contribution < -0.4 is 10.2 Å². The number of aliphatic hydroxyl groups excluding tert-OH is 1. The Morgan fingerprint density at radius 1 is 1.47 bits per heavy atom. The number of rotatable bonds is 2. The van der Waals surface area contributed by atoms with Crippen LogP contribution in [-0.4, -0.2) is 36.8 Å². The number of anilines is 1. The van der Waals surface area contributed by atoms with Gasteiger partial charge in [-0.3, -0.25) is 4.79 Å². The predicted molar refractivity (Wildman–Crippen MR) is 67.1 cm³/mol. The Bertz CT molecular complexity index is 431. The van der Waals surface area contributed by atoms with E-state index in [-0.39, 0.29) is 18.6 Å². The Kier molecular flexibility index (Phi) is 3.33. The maximum Gasteiger partial charge on any atom is 0.239 e. The molecule has 1 fully saturated rings. The van der Waals surface area contributed by atoms with Gasteiger partial charge in [-0.2, -0.15) is 0 Å². The van der Waals surface area contributed by atoms with Crippen LogP contribution in [0.4, 0.5) is 5.69 Å². The van der Waals surface area contributed by atoms with E-state index in [1.54, 1.807) is 0 Å². The molecule has 4 heteroatoms. The number of carbonyl (C=O) groups excluding carboxylic acids is 1. The number of nitrogens with one attached hydrogen (secondary N) is 1. The van der Waals surface area contributed by atoms with Gasteiger partial charge in [-0.15, -0.1) is 0 Å². The fraction of sp³-hybridized carbons (Fsp3) is 0.462. The van der Waals surface area contributed by atoms with Gasteiger partial charge >= 0.3 is 0 Å². The highest BCUT2D eigenvalue weighted by Crippen LogP contribution is 2.22. The number of amides is 1. The van der Waals surface area contributed by atoms with Gasteiger partial charge in [0, 0.05) is 12.2 Å². The van der Waals surface area contributed by atoms with Gasteiger partial charge in [0.1, 0.15) is 0 Å². The highest BCUT2D eigenvalue weighted by atomic mass is 16.3. The third-order valence-corrected chi connectivity index (χ3v) is 3.07. The van der Waals surface area contributed by atoms with Crippen molar-refractivity contribution in [3.8, 4) is 0 Å². The van der Waals surface area contributed by atoms with Crippen molar-refractivity contribution in [1.29, 1.82) is 0 Å². The van der Waals surface area contributed by atoms with Crippen LogP contribution in [0.25, 0.3) is 0 Å². The molecule has 0 radical (unpaired) electrons. The van der Waals surface area contributed by atoms with E-state index in [9.17, 15) is 4.79 Å². The quantitative estimate of drug-likeness (QED) is 0.788. The fourth-order valence-electron chi connectivity index (χ4n) is 2.17. The van der Waals surface area contributed by atoms with Gasteiger partial charge < -0.3 is 15.3 Å². The van der Waals surface area contributed by atoms with Crippen LogP contribution >= 0.6 is 0 Å². The second-order valence-electron chi connectivity index (χ2n) is 4.62. The zero-order valence-corrected chi connectivity index (χ0v) is 10.2. The molecule has 92 valence electrons. The first-order chi connectivity index (χ1) is 8.10. The van der Waals surface area contributed by atoms with Crippen LogP contribution in [0.15, 0.2) is 18.2 Å². The molecule has 1 heterocycles. The Hall–Kier alpha value is -1.55. The van der Waals surface area contributed by atoms with Crippen LogP contribution in [0.1, 0.15) is 11.1 Å². The first kappa shape index (κ1) is 11.9. The lowest BCUT2D eigenvalue weighted by Gasteiger charge is -2.34. The molecule has 2 N–H and O–H groups in total. The van der Waals surface area contributed by atoms with E-state index in [0.717, 1.165) is 11.3 Å². The molecule has 0 saturated carbocycles. The molecule has 1 atom stereocenters. The molecular formula is C13H18N2O2. The first-order valence-electron chi connectivity index (χ1n) is 5.82. The normalized spacial score (nSPS) is 20.3.